The predicted molar refractivity (Wildman–Crippen MR) is 102 cm³/mol. The number of carbonyl (C=O) groups excluding carboxylic acids is 1. The van der Waals surface area contributed by atoms with Crippen molar-refractivity contribution in [2.45, 2.75) is 0 Å². The molecule has 0 saturated carbocycles. The van der Waals surface area contributed by atoms with Crippen LogP contribution in [0, 0.1) is 0 Å². The third-order valence-electron chi connectivity index (χ3n) is 3.24. The van der Waals surface area contributed by atoms with Crippen LogP contribution in [0.4, 0.5) is 5.13 Å². The van der Waals surface area contributed by atoms with E-state index in [0.717, 1.165) is 11.4 Å². The smallest absolute Gasteiger partial charge is 0.264 e. The zero-order chi connectivity index (χ0) is 18.2. The van der Waals surface area contributed by atoms with Crippen LogP contribution < -0.4 is 14.8 Å². The summed E-state index contributed by atoms with van der Waals surface area (Å²) in [6.45, 7) is 3.83. The fourth-order valence-corrected chi connectivity index (χ4v) is 2.82. The monoisotopic (exact) mass is 367 g/mol. The Kier molecular flexibility index (Phi) is 5.95. The Hall–Kier alpha value is -3.19. The molecule has 0 bridgehead atoms. The van der Waals surface area contributed by atoms with E-state index in [9.17, 15) is 4.79 Å². The molecule has 0 unspecified atom stereocenters. The number of carbonyl (C=O) groups is 1. The first-order valence-electron chi connectivity index (χ1n) is 7.88. The fourth-order valence-electron chi connectivity index (χ4n) is 2.10. The van der Waals surface area contributed by atoms with E-state index in [1.165, 1.54) is 11.3 Å². The lowest BCUT2D eigenvalue weighted by molar-refractivity contribution is -0.118. The van der Waals surface area contributed by atoms with Crippen molar-refractivity contribution >= 4 is 22.4 Å². The van der Waals surface area contributed by atoms with E-state index in [2.05, 4.69) is 21.9 Å². The quantitative estimate of drug-likeness (QED) is 0.613. The number of nitrogens with one attached hydrogen (secondary N) is 1. The molecule has 1 amide bonds. The summed E-state index contributed by atoms with van der Waals surface area (Å²) >= 11 is 1.33. The van der Waals surface area contributed by atoms with Crippen molar-refractivity contribution in [3.63, 3.8) is 0 Å². The van der Waals surface area contributed by atoms with Crippen LogP contribution in [0.3, 0.4) is 0 Å². The number of rotatable bonds is 8. The molecule has 0 fully saturated rings. The molecular weight excluding hydrogens is 350 g/mol. The minimum atomic E-state index is -0.301. The number of para-hydroxylation sites is 2. The summed E-state index contributed by atoms with van der Waals surface area (Å²) in [5.41, 5.74) is 1.48. The van der Waals surface area contributed by atoms with Crippen LogP contribution in [-0.2, 0) is 4.79 Å². The van der Waals surface area contributed by atoms with Crippen molar-refractivity contribution in [2.24, 2.45) is 0 Å². The van der Waals surface area contributed by atoms with Crippen molar-refractivity contribution < 1.29 is 14.3 Å². The van der Waals surface area contributed by atoms with E-state index >= 15 is 0 Å². The topological polar surface area (TPSA) is 73.3 Å². The summed E-state index contributed by atoms with van der Waals surface area (Å²) in [6, 6.07) is 12.8. The maximum atomic E-state index is 12.1. The highest BCUT2D eigenvalue weighted by molar-refractivity contribution is 7.14. The van der Waals surface area contributed by atoms with E-state index in [1.807, 2.05) is 35.7 Å². The zero-order valence-corrected chi connectivity index (χ0v) is 14.7. The maximum absolute atomic E-state index is 12.1. The Morgan fingerprint density at radius 2 is 1.88 bits per heavy atom. The Morgan fingerprint density at radius 1 is 1.12 bits per heavy atom. The van der Waals surface area contributed by atoms with Gasteiger partial charge < -0.3 is 9.47 Å². The molecule has 6 nitrogen and oxygen atoms in total. The van der Waals surface area contributed by atoms with Gasteiger partial charge in [0.2, 0.25) is 0 Å². The van der Waals surface area contributed by atoms with Crippen molar-refractivity contribution in [1.82, 2.24) is 9.97 Å². The Labute approximate surface area is 155 Å². The first-order chi connectivity index (χ1) is 12.8. The Balaban J connectivity index is 1.57. The van der Waals surface area contributed by atoms with Crippen molar-refractivity contribution in [1.29, 1.82) is 0 Å². The number of pyridine rings is 1. The van der Waals surface area contributed by atoms with Gasteiger partial charge >= 0.3 is 0 Å². The van der Waals surface area contributed by atoms with Gasteiger partial charge in [0.25, 0.3) is 5.91 Å². The molecule has 132 valence electrons. The highest BCUT2D eigenvalue weighted by Gasteiger charge is 2.11. The van der Waals surface area contributed by atoms with Gasteiger partial charge in [0.1, 0.15) is 12.3 Å². The number of amides is 1. The standard InChI is InChI=1S/C19H17N3O3S/c1-2-11-24-16-8-3-4-9-17(16)25-12-18(23)22-19-21-15(13-26-19)14-7-5-6-10-20-14/h2-10,13H,1,11-12H2,(H,21,22,23). The third kappa shape index (κ3) is 4.67. The van der Waals surface area contributed by atoms with E-state index < -0.39 is 0 Å². The molecule has 0 aliphatic rings. The van der Waals surface area contributed by atoms with Crippen LogP contribution in [0.25, 0.3) is 11.4 Å². The van der Waals surface area contributed by atoms with Gasteiger partial charge in [0.15, 0.2) is 23.2 Å². The molecule has 2 aromatic heterocycles. The van der Waals surface area contributed by atoms with Crippen molar-refractivity contribution in [2.75, 3.05) is 18.5 Å². The fraction of sp³-hybridized carbons (Fsp3) is 0.105. The highest BCUT2D eigenvalue weighted by Crippen LogP contribution is 2.27. The van der Waals surface area contributed by atoms with Gasteiger partial charge in [-0.05, 0) is 24.3 Å². The van der Waals surface area contributed by atoms with Crippen molar-refractivity contribution in [3.8, 4) is 22.9 Å². The van der Waals surface area contributed by atoms with Gasteiger partial charge in [-0.3, -0.25) is 15.1 Å². The maximum Gasteiger partial charge on any atom is 0.264 e. The number of benzene rings is 1. The summed E-state index contributed by atoms with van der Waals surface area (Å²) < 4.78 is 11.1. The first kappa shape index (κ1) is 17.6. The molecule has 7 heteroatoms. The Morgan fingerprint density at radius 3 is 2.62 bits per heavy atom. The van der Waals surface area contributed by atoms with Crippen LogP contribution in [0.2, 0.25) is 0 Å². The molecule has 0 radical (unpaired) electrons. The first-order valence-corrected chi connectivity index (χ1v) is 8.76. The second kappa shape index (κ2) is 8.77. The van der Waals surface area contributed by atoms with Crippen LogP contribution >= 0.6 is 11.3 Å². The molecule has 3 aromatic rings. The molecule has 0 spiro atoms. The summed E-state index contributed by atoms with van der Waals surface area (Å²) in [6.07, 6.45) is 3.35. The summed E-state index contributed by atoms with van der Waals surface area (Å²) in [5, 5.41) is 5.06. The number of aromatic nitrogens is 2. The largest absolute Gasteiger partial charge is 0.486 e. The normalized spacial score (nSPS) is 10.2. The van der Waals surface area contributed by atoms with Crippen LogP contribution in [0.15, 0.2) is 66.7 Å². The molecule has 1 N–H and O–H groups in total. The lowest BCUT2D eigenvalue weighted by Crippen LogP contribution is -2.20. The van der Waals surface area contributed by atoms with E-state index in [1.54, 1.807) is 24.4 Å². The average molecular weight is 367 g/mol. The molecule has 0 saturated heterocycles. The molecule has 2 heterocycles. The second-order valence-electron chi connectivity index (χ2n) is 5.14. The lowest BCUT2D eigenvalue weighted by Gasteiger charge is -2.11. The lowest BCUT2D eigenvalue weighted by atomic mass is 10.3. The van der Waals surface area contributed by atoms with Gasteiger partial charge in [0, 0.05) is 11.6 Å². The number of ether oxygens (including phenoxy) is 2. The van der Waals surface area contributed by atoms with Gasteiger partial charge in [0.05, 0.1) is 5.69 Å². The van der Waals surface area contributed by atoms with Gasteiger partial charge in [-0.1, -0.05) is 30.9 Å². The molecule has 1 aromatic carbocycles. The van der Waals surface area contributed by atoms with Gasteiger partial charge in [-0.15, -0.1) is 11.3 Å². The SMILES string of the molecule is C=CCOc1ccccc1OCC(=O)Nc1nc(-c2ccccn2)cs1. The van der Waals surface area contributed by atoms with E-state index in [-0.39, 0.29) is 12.5 Å². The molecule has 0 aliphatic carbocycles. The molecule has 0 aliphatic heterocycles. The van der Waals surface area contributed by atoms with Crippen molar-refractivity contribution in [3.05, 3.63) is 66.7 Å². The number of thiazole rings is 1. The predicted octanol–water partition coefficient (Wildman–Crippen LogP) is 3.79. The van der Waals surface area contributed by atoms with E-state index in [0.29, 0.717) is 23.2 Å². The summed E-state index contributed by atoms with van der Waals surface area (Å²) in [5.74, 6) is 0.759. The summed E-state index contributed by atoms with van der Waals surface area (Å²) in [4.78, 5) is 20.7. The number of nitrogens with zero attached hydrogens (tertiary/aromatic N) is 2. The Bertz CT molecular complexity index is 881. The van der Waals surface area contributed by atoms with Crippen LogP contribution in [0.1, 0.15) is 0 Å². The number of hydrogen-bond donors (Lipinski definition) is 1. The number of anilines is 1. The summed E-state index contributed by atoms with van der Waals surface area (Å²) in [7, 11) is 0. The second-order valence-corrected chi connectivity index (χ2v) is 5.99. The van der Waals surface area contributed by atoms with Crippen LogP contribution in [0.5, 0.6) is 11.5 Å². The third-order valence-corrected chi connectivity index (χ3v) is 4.00. The molecule has 26 heavy (non-hydrogen) atoms. The molecule has 0 atom stereocenters. The molecular formula is C19H17N3O3S. The number of hydrogen-bond acceptors (Lipinski definition) is 6. The zero-order valence-electron chi connectivity index (χ0n) is 13.9. The van der Waals surface area contributed by atoms with E-state index in [4.69, 9.17) is 9.47 Å². The minimum absolute atomic E-state index is 0.146. The highest BCUT2D eigenvalue weighted by atomic mass is 32.1. The van der Waals surface area contributed by atoms with Gasteiger partial charge in [-0.2, -0.15) is 0 Å². The van der Waals surface area contributed by atoms with Crippen LogP contribution in [-0.4, -0.2) is 29.1 Å². The minimum Gasteiger partial charge on any atom is -0.486 e. The van der Waals surface area contributed by atoms with Gasteiger partial charge in [-0.25, -0.2) is 4.98 Å². The average Bonchev–Trinajstić information content (AvgIpc) is 3.14. The molecule has 3 rings (SSSR count).